The van der Waals surface area contributed by atoms with Gasteiger partial charge in [0.25, 0.3) is 5.91 Å². The zero-order chi connectivity index (χ0) is 24.7. The Balaban J connectivity index is 1.53. The summed E-state index contributed by atoms with van der Waals surface area (Å²) < 4.78 is 88.3. The number of likely N-dealkylation sites (tertiary alicyclic amines) is 1. The van der Waals surface area contributed by atoms with Gasteiger partial charge in [0, 0.05) is 24.1 Å². The Kier molecular flexibility index (Phi) is 6.43. The van der Waals surface area contributed by atoms with Gasteiger partial charge in [0.2, 0.25) is 0 Å². The fraction of sp³-hybridized carbons (Fsp3) is 0.435. The van der Waals surface area contributed by atoms with Crippen molar-refractivity contribution in [3.8, 4) is 11.5 Å². The molecule has 2 aromatic carbocycles. The van der Waals surface area contributed by atoms with Crippen molar-refractivity contribution in [2.24, 2.45) is 0 Å². The van der Waals surface area contributed by atoms with Crippen molar-refractivity contribution >= 4 is 5.91 Å². The lowest BCUT2D eigenvalue weighted by Crippen LogP contribution is -2.54. The normalized spacial score (nSPS) is 23.4. The predicted octanol–water partition coefficient (Wildman–Crippen LogP) is 4.42. The highest BCUT2D eigenvalue weighted by Gasteiger charge is 2.52. The van der Waals surface area contributed by atoms with E-state index >= 15 is 0 Å². The minimum Gasteiger partial charge on any atom is -0.493 e. The van der Waals surface area contributed by atoms with Crippen LogP contribution in [0, 0.1) is 11.6 Å². The lowest BCUT2D eigenvalue weighted by Gasteiger charge is -2.42. The Bertz CT molecular complexity index is 1080. The number of rotatable bonds is 5. The van der Waals surface area contributed by atoms with E-state index in [4.69, 9.17) is 18.9 Å². The molecule has 0 radical (unpaired) electrons. The summed E-state index contributed by atoms with van der Waals surface area (Å²) in [5.41, 5.74) is -1.04. The molecule has 2 saturated heterocycles. The van der Waals surface area contributed by atoms with Crippen LogP contribution in [-0.4, -0.2) is 56.2 Å². The molecule has 2 aliphatic heterocycles. The fourth-order valence-corrected chi connectivity index (χ4v) is 4.21. The number of methoxy groups -OCH3 is 1. The summed E-state index contributed by atoms with van der Waals surface area (Å²) in [7, 11) is 1.25. The molecular formula is C23H22F5NO5. The number of ether oxygens (including phenoxy) is 4. The third-order valence-electron chi connectivity index (χ3n) is 6.12. The summed E-state index contributed by atoms with van der Waals surface area (Å²) in [6.45, 7) is 0.921. The molecule has 2 heterocycles. The number of amides is 1. The minimum atomic E-state index is -4.57. The highest BCUT2D eigenvalue weighted by Crippen LogP contribution is 2.44. The van der Waals surface area contributed by atoms with Gasteiger partial charge in [0.15, 0.2) is 29.2 Å². The quantitative estimate of drug-likeness (QED) is 0.585. The molecule has 0 aliphatic carbocycles. The maximum absolute atomic E-state index is 14.5. The molecule has 11 heteroatoms. The Labute approximate surface area is 192 Å². The summed E-state index contributed by atoms with van der Waals surface area (Å²) in [6, 6.07) is 7.69. The van der Waals surface area contributed by atoms with E-state index in [9.17, 15) is 26.7 Å². The second kappa shape index (κ2) is 9.03. The number of carbonyl (C=O) groups excluding carboxylic acids is 1. The van der Waals surface area contributed by atoms with Crippen LogP contribution in [0.5, 0.6) is 11.5 Å². The van der Waals surface area contributed by atoms with Crippen LogP contribution in [0.4, 0.5) is 22.0 Å². The van der Waals surface area contributed by atoms with Gasteiger partial charge in [-0.05, 0) is 31.2 Å². The minimum absolute atomic E-state index is 0.0315. The third-order valence-corrected chi connectivity index (χ3v) is 6.12. The first-order valence-corrected chi connectivity index (χ1v) is 10.5. The zero-order valence-electron chi connectivity index (χ0n) is 18.3. The molecule has 0 aromatic heterocycles. The summed E-state index contributed by atoms with van der Waals surface area (Å²) in [5, 5.41) is 0. The average Bonchev–Trinajstić information content (AvgIpc) is 3.24. The number of hydrogen-bond donors (Lipinski definition) is 0. The Hall–Kier alpha value is -2.92. The van der Waals surface area contributed by atoms with E-state index in [1.165, 1.54) is 42.3 Å². The van der Waals surface area contributed by atoms with Gasteiger partial charge in [0.05, 0.1) is 13.7 Å². The number of fused-ring (bicyclic) bond motifs is 1. The molecule has 34 heavy (non-hydrogen) atoms. The monoisotopic (exact) mass is 487 g/mol. The van der Waals surface area contributed by atoms with Gasteiger partial charge in [-0.15, -0.1) is 0 Å². The molecule has 2 fully saturated rings. The van der Waals surface area contributed by atoms with Crippen LogP contribution in [-0.2, 0) is 15.1 Å². The van der Waals surface area contributed by atoms with Crippen LogP contribution >= 0.6 is 0 Å². The Morgan fingerprint density at radius 3 is 2.68 bits per heavy atom. The molecular weight excluding hydrogens is 465 g/mol. The lowest BCUT2D eigenvalue weighted by atomic mass is 9.81. The molecule has 1 amide bonds. The maximum Gasteiger partial charge on any atom is 0.425 e. The van der Waals surface area contributed by atoms with Gasteiger partial charge >= 0.3 is 6.18 Å². The zero-order valence-corrected chi connectivity index (χ0v) is 18.3. The van der Waals surface area contributed by atoms with Crippen molar-refractivity contribution in [1.82, 2.24) is 4.90 Å². The standard InChI is InChI=1S/C23H22F5NO5/c1-13(23(26,27)28)34-17-7-6-14(10-18(17)31-2)21(30)29-9-8-22(19(11-29)32-12-33-22)15-4-3-5-16(24)20(15)25/h3-7,10,13,19H,8-9,11-12H2,1-2H3/t13-,19-,22-/m1/s1. The van der Waals surface area contributed by atoms with E-state index in [1.807, 2.05) is 0 Å². The van der Waals surface area contributed by atoms with E-state index in [0.717, 1.165) is 13.0 Å². The number of halogens is 5. The van der Waals surface area contributed by atoms with E-state index in [1.54, 1.807) is 0 Å². The molecule has 2 aromatic rings. The molecule has 4 rings (SSSR count). The fourth-order valence-electron chi connectivity index (χ4n) is 4.21. The van der Waals surface area contributed by atoms with Gasteiger partial charge in [0.1, 0.15) is 18.5 Å². The summed E-state index contributed by atoms with van der Waals surface area (Å²) >= 11 is 0. The van der Waals surface area contributed by atoms with E-state index < -0.39 is 41.5 Å². The summed E-state index contributed by atoms with van der Waals surface area (Å²) in [6.07, 6.45) is -7.21. The van der Waals surface area contributed by atoms with Crippen molar-refractivity contribution in [3.05, 3.63) is 59.2 Å². The summed E-state index contributed by atoms with van der Waals surface area (Å²) in [4.78, 5) is 14.6. The van der Waals surface area contributed by atoms with Crippen molar-refractivity contribution in [3.63, 3.8) is 0 Å². The molecule has 0 unspecified atom stereocenters. The second-order valence-corrected chi connectivity index (χ2v) is 8.08. The first-order chi connectivity index (χ1) is 16.1. The van der Waals surface area contributed by atoms with Gasteiger partial charge in [-0.2, -0.15) is 13.2 Å². The number of alkyl halides is 3. The van der Waals surface area contributed by atoms with Gasteiger partial charge in [-0.25, -0.2) is 8.78 Å². The maximum atomic E-state index is 14.5. The number of benzene rings is 2. The van der Waals surface area contributed by atoms with Crippen LogP contribution in [0.3, 0.4) is 0 Å². The molecule has 0 N–H and O–H groups in total. The van der Waals surface area contributed by atoms with Crippen molar-refractivity contribution < 1.29 is 45.7 Å². The molecule has 2 aliphatic rings. The van der Waals surface area contributed by atoms with Crippen LogP contribution in [0.15, 0.2) is 36.4 Å². The van der Waals surface area contributed by atoms with Crippen LogP contribution in [0.2, 0.25) is 0 Å². The van der Waals surface area contributed by atoms with Crippen LogP contribution < -0.4 is 9.47 Å². The highest BCUT2D eigenvalue weighted by molar-refractivity contribution is 5.95. The van der Waals surface area contributed by atoms with Gasteiger partial charge in [-0.1, -0.05) is 12.1 Å². The molecule has 3 atom stereocenters. The number of hydrogen-bond acceptors (Lipinski definition) is 5. The van der Waals surface area contributed by atoms with Crippen molar-refractivity contribution in [2.75, 3.05) is 27.0 Å². The van der Waals surface area contributed by atoms with Crippen LogP contribution in [0.1, 0.15) is 29.3 Å². The lowest BCUT2D eigenvalue weighted by molar-refractivity contribution is -0.189. The SMILES string of the molecule is COc1cc(C(=O)N2CC[C@]3(c4cccc(F)c4F)OCO[C@@H]3C2)ccc1O[C@H](C)C(F)(F)F. The largest absolute Gasteiger partial charge is 0.493 e. The number of carbonyl (C=O) groups is 1. The van der Waals surface area contributed by atoms with E-state index in [2.05, 4.69) is 0 Å². The highest BCUT2D eigenvalue weighted by atomic mass is 19.4. The van der Waals surface area contributed by atoms with Gasteiger partial charge < -0.3 is 23.8 Å². The molecule has 184 valence electrons. The number of nitrogens with zero attached hydrogens (tertiary/aromatic N) is 1. The van der Waals surface area contributed by atoms with E-state index in [-0.39, 0.29) is 48.9 Å². The molecule has 0 bridgehead atoms. The third kappa shape index (κ3) is 4.29. The molecule has 0 spiro atoms. The first kappa shape index (κ1) is 24.2. The van der Waals surface area contributed by atoms with Gasteiger partial charge in [-0.3, -0.25) is 4.79 Å². The smallest absolute Gasteiger partial charge is 0.425 e. The molecule has 6 nitrogen and oxygen atoms in total. The predicted molar refractivity (Wildman–Crippen MR) is 109 cm³/mol. The van der Waals surface area contributed by atoms with E-state index in [0.29, 0.717) is 0 Å². The molecule has 0 saturated carbocycles. The Morgan fingerprint density at radius 2 is 1.97 bits per heavy atom. The van der Waals surface area contributed by atoms with Crippen molar-refractivity contribution in [2.45, 2.75) is 37.3 Å². The average molecular weight is 487 g/mol. The Morgan fingerprint density at radius 1 is 1.21 bits per heavy atom. The topological polar surface area (TPSA) is 57.2 Å². The van der Waals surface area contributed by atoms with Crippen molar-refractivity contribution in [1.29, 1.82) is 0 Å². The second-order valence-electron chi connectivity index (χ2n) is 8.08. The van der Waals surface area contributed by atoms with Crippen LogP contribution in [0.25, 0.3) is 0 Å². The first-order valence-electron chi connectivity index (χ1n) is 10.5. The number of piperidine rings is 1. The summed E-state index contributed by atoms with van der Waals surface area (Å²) in [5.74, 6) is -2.65.